The van der Waals surface area contributed by atoms with E-state index in [1.165, 1.54) is 11.6 Å². The van der Waals surface area contributed by atoms with Crippen LogP contribution in [0.2, 0.25) is 0 Å². The quantitative estimate of drug-likeness (QED) is 0.469. The standard InChI is InChI=1S/C12H15NO2S/c1-2-8-15-12(14)13-10-16-9-11-6-4-3-5-7-11/h2-7H,1,8-10H2,(H,13,14). The predicted octanol–water partition coefficient (Wildman–Crippen LogP) is 2.79. The van der Waals surface area contributed by atoms with Crippen molar-refractivity contribution >= 4 is 17.9 Å². The van der Waals surface area contributed by atoms with E-state index in [1.807, 2.05) is 18.2 Å². The molecular weight excluding hydrogens is 222 g/mol. The molecule has 0 aliphatic heterocycles. The van der Waals surface area contributed by atoms with Gasteiger partial charge in [-0.2, -0.15) is 0 Å². The summed E-state index contributed by atoms with van der Waals surface area (Å²) >= 11 is 1.63. The molecule has 0 aliphatic carbocycles. The van der Waals surface area contributed by atoms with Crippen molar-refractivity contribution in [1.82, 2.24) is 5.32 Å². The molecule has 0 saturated carbocycles. The van der Waals surface area contributed by atoms with Crippen LogP contribution in [0.5, 0.6) is 0 Å². The number of hydrogen-bond donors (Lipinski definition) is 1. The normalized spacial score (nSPS) is 9.50. The molecule has 1 rings (SSSR count). The van der Waals surface area contributed by atoms with Crippen LogP contribution in [-0.4, -0.2) is 18.6 Å². The Kier molecular flexibility index (Phi) is 6.18. The Morgan fingerprint density at radius 2 is 2.19 bits per heavy atom. The lowest BCUT2D eigenvalue weighted by Gasteiger charge is -2.04. The number of hydrogen-bond acceptors (Lipinski definition) is 3. The van der Waals surface area contributed by atoms with E-state index < -0.39 is 6.09 Å². The molecule has 1 aromatic rings. The molecule has 0 heterocycles. The van der Waals surface area contributed by atoms with Crippen LogP contribution in [0.3, 0.4) is 0 Å². The fourth-order valence-corrected chi connectivity index (χ4v) is 1.79. The lowest BCUT2D eigenvalue weighted by Crippen LogP contribution is -2.23. The number of alkyl carbamates (subject to hydrolysis) is 1. The zero-order valence-electron chi connectivity index (χ0n) is 9.02. The van der Waals surface area contributed by atoms with Crippen molar-refractivity contribution in [3.8, 4) is 0 Å². The number of ether oxygens (including phenoxy) is 1. The zero-order valence-corrected chi connectivity index (χ0v) is 9.83. The van der Waals surface area contributed by atoms with Crippen molar-refractivity contribution in [2.45, 2.75) is 5.75 Å². The minimum absolute atomic E-state index is 0.245. The van der Waals surface area contributed by atoms with Gasteiger partial charge in [0.05, 0.1) is 5.88 Å². The van der Waals surface area contributed by atoms with Gasteiger partial charge in [-0.1, -0.05) is 43.0 Å². The van der Waals surface area contributed by atoms with Crippen LogP contribution in [0, 0.1) is 0 Å². The van der Waals surface area contributed by atoms with Crippen LogP contribution in [0.1, 0.15) is 5.56 Å². The van der Waals surface area contributed by atoms with Crippen molar-refractivity contribution in [3.05, 3.63) is 48.6 Å². The van der Waals surface area contributed by atoms with Crippen LogP contribution in [0.25, 0.3) is 0 Å². The van der Waals surface area contributed by atoms with Crippen molar-refractivity contribution in [2.24, 2.45) is 0 Å². The van der Waals surface area contributed by atoms with E-state index in [1.54, 1.807) is 11.8 Å². The second-order valence-corrected chi connectivity index (χ2v) is 4.03. The second-order valence-electron chi connectivity index (χ2n) is 3.04. The number of nitrogens with one attached hydrogen (secondary N) is 1. The molecule has 1 N–H and O–H groups in total. The SMILES string of the molecule is C=CCOC(=O)NCSCc1ccccc1. The van der Waals surface area contributed by atoms with Gasteiger partial charge in [-0.15, -0.1) is 11.8 Å². The lowest BCUT2D eigenvalue weighted by atomic mass is 10.2. The number of carbonyl (C=O) groups is 1. The van der Waals surface area contributed by atoms with E-state index in [-0.39, 0.29) is 6.61 Å². The van der Waals surface area contributed by atoms with Gasteiger partial charge >= 0.3 is 6.09 Å². The largest absolute Gasteiger partial charge is 0.445 e. The van der Waals surface area contributed by atoms with Gasteiger partial charge in [0.1, 0.15) is 6.61 Å². The maximum absolute atomic E-state index is 11.0. The Balaban J connectivity index is 2.08. The molecule has 4 heteroatoms. The van der Waals surface area contributed by atoms with E-state index in [2.05, 4.69) is 24.0 Å². The zero-order chi connectivity index (χ0) is 11.6. The van der Waals surface area contributed by atoms with Gasteiger partial charge in [-0.25, -0.2) is 4.79 Å². The van der Waals surface area contributed by atoms with Gasteiger partial charge in [0, 0.05) is 5.75 Å². The fourth-order valence-electron chi connectivity index (χ4n) is 1.04. The molecular formula is C12H15NO2S. The molecule has 0 saturated heterocycles. The summed E-state index contributed by atoms with van der Waals surface area (Å²) in [6, 6.07) is 10.1. The van der Waals surface area contributed by atoms with E-state index >= 15 is 0 Å². The molecule has 86 valence electrons. The maximum Gasteiger partial charge on any atom is 0.408 e. The molecule has 1 aromatic carbocycles. The first-order chi connectivity index (χ1) is 7.83. The molecule has 0 aromatic heterocycles. The third-order valence-electron chi connectivity index (χ3n) is 1.76. The van der Waals surface area contributed by atoms with Gasteiger partial charge in [-0.3, -0.25) is 0 Å². The highest BCUT2D eigenvalue weighted by Gasteiger charge is 1.98. The number of amides is 1. The van der Waals surface area contributed by atoms with Crippen molar-refractivity contribution in [1.29, 1.82) is 0 Å². The van der Waals surface area contributed by atoms with Gasteiger partial charge in [0.15, 0.2) is 0 Å². The Bertz CT molecular complexity index is 327. The first kappa shape index (κ1) is 12.6. The predicted molar refractivity (Wildman–Crippen MR) is 67.3 cm³/mol. The summed E-state index contributed by atoms with van der Waals surface area (Å²) in [6.45, 7) is 3.70. The Hall–Kier alpha value is -1.42. The molecule has 3 nitrogen and oxygen atoms in total. The number of carbonyl (C=O) groups excluding carboxylic acids is 1. The number of rotatable bonds is 6. The smallest absolute Gasteiger partial charge is 0.408 e. The minimum atomic E-state index is -0.402. The summed E-state index contributed by atoms with van der Waals surface area (Å²) in [5, 5.41) is 2.64. The highest BCUT2D eigenvalue weighted by molar-refractivity contribution is 7.98. The van der Waals surface area contributed by atoms with Gasteiger partial charge in [0.25, 0.3) is 0 Å². The molecule has 0 fully saturated rings. The van der Waals surface area contributed by atoms with Crippen LogP contribution < -0.4 is 5.32 Å². The van der Waals surface area contributed by atoms with Crippen LogP contribution in [0.15, 0.2) is 43.0 Å². The van der Waals surface area contributed by atoms with Gasteiger partial charge < -0.3 is 10.1 Å². The van der Waals surface area contributed by atoms with Gasteiger partial charge in [0.2, 0.25) is 0 Å². The third-order valence-corrected chi connectivity index (χ3v) is 2.65. The molecule has 0 bridgehead atoms. The first-order valence-corrected chi connectivity index (χ1v) is 6.11. The molecule has 0 aliphatic rings. The van der Waals surface area contributed by atoms with Crippen LogP contribution in [-0.2, 0) is 10.5 Å². The highest BCUT2D eigenvalue weighted by Crippen LogP contribution is 2.09. The van der Waals surface area contributed by atoms with Crippen LogP contribution in [0.4, 0.5) is 4.79 Å². The Morgan fingerprint density at radius 3 is 2.88 bits per heavy atom. The fraction of sp³-hybridized carbons (Fsp3) is 0.250. The van der Waals surface area contributed by atoms with E-state index in [0.29, 0.717) is 5.88 Å². The summed E-state index contributed by atoms with van der Waals surface area (Å²) in [4.78, 5) is 11.0. The van der Waals surface area contributed by atoms with E-state index in [0.717, 1.165) is 5.75 Å². The average molecular weight is 237 g/mol. The minimum Gasteiger partial charge on any atom is -0.445 e. The monoisotopic (exact) mass is 237 g/mol. The van der Waals surface area contributed by atoms with E-state index in [4.69, 9.17) is 4.74 Å². The molecule has 0 atom stereocenters. The third kappa shape index (κ3) is 5.46. The van der Waals surface area contributed by atoms with Gasteiger partial charge in [-0.05, 0) is 5.56 Å². The van der Waals surface area contributed by atoms with Crippen molar-refractivity contribution in [2.75, 3.05) is 12.5 Å². The highest BCUT2D eigenvalue weighted by atomic mass is 32.2. The van der Waals surface area contributed by atoms with Crippen molar-refractivity contribution < 1.29 is 9.53 Å². The summed E-state index contributed by atoms with van der Waals surface area (Å²) in [5.41, 5.74) is 1.24. The first-order valence-electron chi connectivity index (χ1n) is 4.96. The molecule has 1 amide bonds. The Labute approximate surface area is 99.9 Å². The van der Waals surface area contributed by atoms with E-state index in [9.17, 15) is 4.79 Å². The molecule has 0 unspecified atom stereocenters. The summed E-state index contributed by atoms with van der Waals surface area (Å²) in [7, 11) is 0. The number of benzene rings is 1. The molecule has 0 radical (unpaired) electrons. The summed E-state index contributed by atoms with van der Waals surface area (Å²) < 4.78 is 4.76. The topological polar surface area (TPSA) is 38.3 Å². The van der Waals surface area contributed by atoms with Crippen LogP contribution >= 0.6 is 11.8 Å². The number of thioether (sulfide) groups is 1. The average Bonchev–Trinajstić information content (AvgIpc) is 2.33. The summed E-state index contributed by atoms with van der Waals surface area (Å²) in [5.74, 6) is 1.42. The maximum atomic E-state index is 11.0. The van der Waals surface area contributed by atoms with Crippen molar-refractivity contribution in [3.63, 3.8) is 0 Å². The molecule has 0 spiro atoms. The lowest BCUT2D eigenvalue weighted by molar-refractivity contribution is 0.160. The second kappa shape index (κ2) is 7.82. The summed E-state index contributed by atoms with van der Waals surface area (Å²) in [6.07, 6.45) is 1.14. The Morgan fingerprint density at radius 1 is 1.44 bits per heavy atom. The molecule has 16 heavy (non-hydrogen) atoms.